The molecule has 0 N–H and O–H groups in total. The van der Waals surface area contributed by atoms with Gasteiger partial charge in [0.15, 0.2) is 0 Å². The molecule has 0 spiro atoms. The van der Waals surface area contributed by atoms with Gasteiger partial charge < -0.3 is 0 Å². The van der Waals surface area contributed by atoms with Crippen LogP contribution in [0.5, 0.6) is 0 Å². The average molecular weight is 212 g/mol. The molecule has 0 saturated carbocycles. The Labute approximate surface area is 76.1 Å². The maximum Gasteiger partial charge on any atom is 0.116 e. The normalized spacial score (nSPS) is 10.0. The van der Waals surface area contributed by atoms with Crippen molar-refractivity contribution in [1.82, 2.24) is 0 Å². The zero-order valence-corrected chi connectivity index (χ0v) is 8.74. The molecule has 5 heteroatoms. The molecular formula is C4H4S5. The molecule has 50 valence electrons. The Bertz CT molecular complexity index is 244. The van der Waals surface area contributed by atoms with Crippen LogP contribution in [-0.2, 0) is 0 Å². The third kappa shape index (κ3) is 1.71. The van der Waals surface area contributed by atoms with E-state index >= 15 is 0 Å². The van der Waals surface area contributed by atoms with Gasteiger partial charge in [0.05, 0.1) is 9.10 Å². The van der Waals surface area contributed by atoms with Crippen molar-refractivity contribution < 1.29 is 0 Å². The lowest BCUT2D eigenvalue weighted by molar-refractivity contribution is 1.41. The van der Waals surface area contributed by atoms with Crippen LogP contribution in [0.15, 0.2) is 9.10 Å². The van der Waals surface area contributed by atoms with Gasteiger partial charge in [-0.2, -0.15) is 0 Å². The van der Waals surface area contributed by atoms with Crippen molar-refractivity contribution in [3.8, 4) is 0 Å². The largest absolute Gasteiger partial charge is 0.139 e. The molecule has 0 aliphatic carbocycles. The summed E-state index contributed by atoms with van der Waals surface area (Å²) in [5, 5.41) is 0. The van der Waals surface area contributed by atoms with Crippen molar-refractivity contribution in [2.24, 2.45) is 0 Å². The van der Waals surface area contributed by atoms with Crippen LogP contribution in [0.4, 0.5) is 0 Å². The van der Waals surface area contributed by atoms with Gasteiger partial charge in [-0.25, -0.2) is 0 Å². The van der Waals surface area contributed by atoms with E-state index in [2.05, 4.69) is 12.6 Å². The van der Waals surface area contributed by atoms with Crippen LogP contribution in [0.3, 0.4) is 0 Å². The summed E-state index contributed by atoms with van der Waals surface area (Å²) in [4.78, 5) is 0.979. The van der Waals surface area contributed by atoms with Gasteiger partial charge >= 0.3 is 0 Å². The molecule has 9 heavy (non-hydrogen) atoms. The third-order valence-corrected chi connectivity index (χ3v) is 6.27. The van der Waals surface area contributed by atoms with Gasteiger partial charge in [-0.15, -0.1) is 24.4 Å². The molecule has 0 aliphatic heterocycles. The molecule has 1 heterocycles. The predicted octanol–water partition coefficient (Wildman–Crippen LogP) is 3.55. The molecule has 1 aromatic rings. The van der Waals surface area contributed by atoms with E-state index in [0.29, 0.717) is 0 Å². The summed E-state index contributed by atoms with van der Waals surface area (Å²) in [6, 6.07) is 0. The van der Waals surface area contributed by atoms with Gasteiger partial charge in [-0.1, -0.05) is 32.9 Å². The average Bonchev–Trinajstić information content (AvgIpc) is 2.15. The summed E-state index contributed by atoms with van der Waals surface area (Å²) in [6.07, 6.45) is 2.03. The molecule has 0 nitrogen and oxygen atoms in total. The van der Waals surface area contributed by atoms with Crippen LogP contribution in [0.25, 0.3) is 0 Å². The van der Waals surface area contributed by atoms with Gasteiger partial charge in [0.25, 0.3) is 0 Å². The van der Waals surface area contributed by atoms with Crippen molar-refractivity contribution in [2.75, 3.05) is 6.26 Å². The second-order valence-corrected chi connectivity index (χ2v) is 5.63. The Morgan fingerprint density at radius 2 is 2.22 bits per heavy atom. The minimum absolute atomic E-state index is 0.910. The highest BCUT2D eigenvalue weighted by atomic mass is 32.9. The summed E-state index contributed by atoms with van der Waals surface area (Å²) >= 11 is 10.9. The first-order valence-electron chi connectivity index (χ1n) is 2.12. The molecule has 0 fully saturated rings. The fourth-order valence-electron chi connectivity index (χ4n) is 0.369. The van der Waals surface area contributed by atoms with E-state index < -0.39 is 0 Å². The Morgan fingerprint density at radius 1 is 1.56 bits per heavy atom. The molecule has 0 atom stereocenters. The Hall–Kier alpha value is 0.970. The smallest absolute Gasteiger partial charge is 0.116 e. The summed E-state index contributed by atoms with van der Waals surface area (Å²) in [7, 11) is 3.32. The van der Waals surface area contributed by atoms with Crippen LogP contribution in [0.2, 0.25) is 0 Å². The number of rotatable bonds is 1. The van der Waals surface area contributed by atoms with Gasteiger partial charge in [0.2, 0.25) is 0 Å². The first-order chi connectivity index (χ1) is 4.25. The Kier molecular flexibility index (Phi) is 3.04. The van der Waals surface area contributed by atoms with Crippen LogP contribution in [0, 0.1) is 3.82 Å². The van der Waals surface area contributed by atoms with E-state index in [9.17, 15) is 0 Å². The molecule has 0 saturated heterocycles. The predicted molar refractivity (Wildman–Crippen MR) is 52.1 cm³/mol. The van der Waals surface area contributed by atoms with Gasteiger partial charge in [-0.3, -0.25) is 0 Å². The Balaban J connectivity index is 3.20. The van der Waals surface area contributed by atoms with Crippen LogP contribution >= 0.6 is 57.3 Å². The highest BCUT2D eigenvalue weighted by Crippen LogP contribution is 2.34. The molecule has 0 aromatic carbocycles. The maximum absolute atomic E-state index is 4.98. The summed E-state index contributed by atoms with van der Waals surface area (Å²) in [6.45, 7) is 0. The maximum atomic E-state index is 4.98. The standard InChI is InChI=1S/C4H4S5/c1-7-4-2(5)3(6)8-9-4/h5H,1H3. The van der Waals surface area contributed by atoms with E-state index in [-0.39, 0.29) is 0 Å². The highest BCUT2D eigenvalue weighted by molar-refractivity contribution is 8.03. The zero-order chi connectivity index (χ0) is 6.85. The van der Waals surface area contributed by atoms with E-state index in [1.165, 1.54) is 4.21 Å². The third-order valence-electron chi connectivity index (χ3n) is 0.765. The molecule has 0 amide bonds. The second-order valence-electron chi connectivity index (χ2n) is 1.29. The number of thiol groups is 1. The van der Waals surface area contributed by atoms with Crippen molar-refractivity contribution in [1.29, 1.82) is 0 Å². The van der Waals surface area contributed by atoms with Crippen LogP contribution in [-0.4, -0.2) is 6.26 Å². The number of hydrogen-bond donors (Lipinski definition) is 1. The zero-order valence-electron chi connectivity index (χ0n) is 4.58. The van der Waals surface area contributed by atoms with Crippen LogP contribution < -0.4 is 0 Å². The SMILES string of the molecule is CSc1ssc(=S)c1S. The second kappa shape index (κ2) is 3.39. The van der Waals surface area contributed by atoms with E-state index in [1.54, 1.807) is 32.4 Å². The van der Waals surface area contributed by atoms with Crippen molar-refractivity contribution in [3.63, 3.8) is 0 Å². The fraction of sp³-hybridized carbons (Fsp3) is 0.250. The van der Waals surface area contributed by atoms with E-state index in [4.69, 9.17) is 12.2 Å². The highest BCUT2D eigenvalue weighted by Gasteiger charge is 2.00. The quantitative estimate of drug-likeness (QED) is 0.327. The Morgan fingerprint density at radius 3 is 2.44 bits per heavy atom. The summed E-state index contributed by atoms with van der Waals surface area (Å²) in [5.74, 6) is 0. The molecular weight excluding hydrogens is 208 g/mol. The molecule has 0 aliphatic rings. The minimum Gasteiger partial charge on any atom is -0.139 e. The summed E-state index contributed by atoms with van der Waals surface area (Å²) < 4.78 is 2.14. The monoisotopic (exact) mass is 212 g/mol. The molecule has 1 rings (SSSR count). The minimum atomic E-state index is 0.910. The van der Waals surface area contributed by atoms with Gasteiger partial charge in [0.1, 0.15) is 3.82 Å². The van der Waals surface area contributed by atoms with E-state index in [0.717, 1.165) is 8.72 Å². The summed E-state index contributed by atoms with van der Waals surface area (Å²) in [5.41, 5.74) is 0. The van der Waals surface area contributed by atoms with Crippen molar-refractivity contribution in [3.05, 3.63) is 3.82 Å². The topological polar surface area (TPSA) is 0 Å². The van der Waals surface area contributed by atoms with Crippen molar-refractivity contribution in [2.45, 2.75) is 9.10 Å². The van der Waals surface area contributed by atoms with E-state index in [1.807, 2.05) is 6.26 Å². The lowest BCUT2D eigenvalue weighted by Gasteiger charge is -1.85. The van der Waals surface area contributed by atoms with Crippen LogP contribution in [0.1, 0.15) is 0 Å². The van der Waals surface area contributed by atoms with Crippen molar-refractivity contribution >= 4 is 57.3 Å². The van der Waals surface area contributed by atoms with Gasteiger partial charge in [0, 0.05) is 0 Å². The number of thioether (sulfide) groups is 1. The molecule has 0 radical (unpaired) electrons. The first kappa shape index (κ1) is 8.07. The fourth-order valence-corrected chi connectivity index (χ4v) is 4.91. The lowest BCUT2D eigenvalue weighted by Crippen LogP contribution is -1.58. The molecule has 1 aromatic heterocycles. The molecule has 0 unspecified atom stereocenters. The number of hydrogen-bond acceptors (Lipinski definition) is 5. The first-order valence-corrected chi connectivity index (χ1v) is 6.35. The molecule has 0 bridgehead atoms. The van der Waals surface area contributed by atoms with Gasteiger partial charge in [-0.05, 0) is 6.26 Å². The lowest BCUT2D eigenvalue weighted by atomic mass is 10.8.